The lowest BCUT2D eigenvalue weighted by atomic mass is 9.92. The Kier molecular flexibility index (Phi) is 2.53. The van der Waals surface area contributed by atoms with Gasteiger partial charge in [-0.05, 0) is 24.1 Å². The highest BCUT2D eigenvalue weighted by Crippen LogP contribution is 2.25. The molecule has 0 aliphatic carbocycles. The van der Waals surface area contributed by atoms with E-state index in [2.05, 4.69) is 62.8 Å². The lowest BCUT2D eigenvalue weighted by Crippen LogP contribution is -2.11. The first kappa shape index (κ1) is 11.2. The van der Waals surface area contributed by atoms with Gasteiger partial charge in [0.05, 0.1) is 0 Å². The van der Waals surface area contributed by atoms with Crippen LogP contribution in [0.1, 0.15) is 51.9 Å². The van der Waals surface area contributed by atoms with E-state index >= 15 is 0 Å². The Morgan fingerprint density at radius 3 is 2.44 bits per heavy atom. The highest BCUT2D eigenvalue weighted by atomic mass is 14.9. The van der Waals surface area contributed by atoms with Crippen LogP contribution in [-0.2, 0) is 5.41 Å². The van der Waals surface area contributed by atoms with Crippen LogP contribution < -0.4 is 0 Å². The maximum atomic E-state index is 4.65. The van der Waals surface area contributed by atoms with Crippen LogP contribution in [0.2, 0.25) is 0 Å². The zero-order valence-electron chi connectivity index (χ0n) is 10.8. The number of aromatic nitrogens is 2. The van der Waals surface area contributed by atoms with Gasteiger partial charge in [0.15, 0.2) is 0 Å². The molecule has 2 nitrogen and oxygen atoms in total. The zero-order chi connectivity index (χ0) is 11.9. The predicted octanol–water partition coefficient (Wildman–Crippen LogP) is 3.98. The number of H-pyrrole nitrogens is 1. The molecule has 0 spiro atoms. The number of hydrogen-bond donors (Lipinski definition) is 1. The quantitative estimate of drug-likeness (QED) is 0.767. The van der Waals surface area contributed by atoms with Gasteiger partial charge in [-0.15, -0.1) is 0 Å². The summed E-state index contributed by atoms with van der Waals surface area (Å²) in [6.07, 6.45) is 0. The van der Waals surface area contributed by atoms with Crippen LogP contribution in [0.3, 0.4) is 0 Å². The van der Waals surface area contributed by atoms with Crippen molar-refractivity contribution in [2.45, 2.75) is 46.0 Å². The van der Waals surface area contributed by atoms with Crippen molar-refractivity contribution in [1.82, 2.24) is 9.97 Å². The summed E-state index contributed by atoms with van der Waals surface area (Å²) in [4.78, 5) is 8.07. The fourth-order valence-electron chi connectivity index (χ4n) is 1.75. The average Bonchev–Trinajstić information content (AvgIpc) is 2.58. The summed E-state index contributed by atoms with van der Waals surface area (Å²) in [5.41, 5.74) is 3.56. The highest BCUT2D eigenvalue weighted by Gasteiger charge is 2.16. The van der Waals surface area contributed by atoms with Crippen molar-refractivity contribution in [2.24, 2.45) is 0 Å². The second-order valence-electron chi connectivity index (χ2n) is 5.76. The SMILES string of the molecule is CC(C)c1ccc2cc(C(C)(C)C)[nH]c2n1. The first-order chi connectivity index (χ1) is 7.38. The molecule has 2 heterocycles. The fraction of sp³-hybridized carbons (Fsp3) is 0.500. The van der Waals surface area contributed by atoms with Crippen LogP contribution in [0.4, 0.5) is 0 Å². The van der Waals surface area contributed by atoms with Gasteiger partial charge >= 0.3 is 0 Å². The van der Waals surface area contributed by atoms with Gasteiger partial charge in [0, 0.05) is 22.2 Å². The van der Waals surface area contributed by atoms with Gasteiger partial charge in [-0.2, -0.15) is 0 Å². The van der Waals surface area contributed by atoms with Gasteiger partial charge in [0.25, 0.3) is 0 Å². The highest BCUT2D eigenvalue weighted by molar-refractivity contribution is 5.77. The monoisotopic (exact) mass is 216 g/mol. The van der Waals surface area contributed by atoms with E-state index in [0.717, 1.165) is 11.3 Å². The summed E-state index contributed by atoms with van der Waals surface area (Å²) >= 11 is 0. The van der Waals surface area contributed by atoms with E-state index in [1.807, 2.05) is 0 Å². The summed E-state index contributed by atoms with van der Waals surface area (Å²) in [5, 5.41) is 1.20. The van der Waals surface area contributed by atoms with E-state index in [9.17, 15) is 0 Å². The van der Waals surface area contributed by atoms with Crippen LogP contribution in [0.15, 0.2) is 18.2 Å². The molecule has 2 aromatic heterocycles. The van der Waals surface area contributed by atoms with Gasteiger partial charge in [0.1, 0.15) is 5.65 Å². The van der Waals surface area contributed by atoms with Crippen LogP contribution in [0.5, 0.6) is 0 Å². The third-order valence-corrected chi connectivity index (χ3v) is 2.90. The van der Waals surface area contributed by atoms with Gasteiger partial charge < -0.3 is 4.98 Å². The minimum Gasteiger partial charge on any atom is -0.343 e. The van der Waals surface area contributed by atoms with E-state index in [1.54, 1.807) is 0 Å². The van der Waals surface area contributed by atoms with Crippen LogP contribution in [0.25, 0.3) is 11.0 Å². The molecule has 0 saturated heterocycles. The zero-order valence-corrected chi connectivity index (χ0v) is 10.8. The summed E-state index contributed by atoms with van der Waals surface area (Å²) in [6.45, 7) is 11.0. The average molecular weight is 216 g/mol. The molecule has 0 aliphatic heterocycles. The lowest BCUT2D eigenvalue weighted by Gasteiger charge is -2.15. The molecule has 0 radical (unpaired) electrons. The summed E-state index contributed by atoms with van der Waals surface area (Å²) in [6, 6.07) is 6.48. The van der Waals surface area contributed by atoms with Crippen LogP contribution in [-0.4, -0.2) is 9.97 Å². The summed E-state index contributed by atoms with van der Waals surface area (Å²) < 4.78 is 0. The van der Waals surface area contributed by atoms with Crippen molar-refractivity contribution in [3.05, 3.63) is 29.6 Å². The molecular weight excluding hydrogens is 196 g/mol. The second kappa shape index (κ2) is 3.62. The van der Waals surface area contributed by atoms with E-state index in [1.165, 1.54) is 11.1 Å². The van der Waals surface area contributed by atoms with Crippen molar-refractivity contribution >= 4 is 11.0 Å². The molecule has 86 valence electrons. The molecule has 0 amide bonds. The number of nitrogens with zero attached hydrogens (tertiary/aromatic N) is 1. The molecule has 0 bridgehead atoms. The lowest BCUT2D eigenvalue weighted by molar-refractivity contribution is 0.574. The van der Waals surface area contributed by atoms with Crippen LogP contribution >= 0.6 is 0 Å². The smallest absolute Gasteiger partial charge is 0.137 e. The van der Waals surface area contributed by atoms with Gasteiger partial charge in [-0.3, -0.25) is 0 Å². The minimum atomic E-state index is 0.151. The number of fused-ring (bicyclic) bond motifs is 1. The topological polar surface area (TPSA) is 28.7 Å². The molecule has 16 heavy (non-hydrogen) atoms. The van der Waals surface area contributed by atoms with E-state index in [4.69, 9.17) is 0 Å². The maximum Gasteiger partial charge on any atom is 0.137 e. The third kappa shape index (κ3) is 1.97. The third-order valence-electron chi connectivity index (χ3n) is 2.90. The fourth-order valence-corrected chi connectivity index (χ4v) is 1.75. The largest absolute Gasteiger partial charge is 0.343 e. The molecule has 2 heteroatoms. The normalized spacial score (nSPS) is 12.6. The Hall–Kier alpha value is -1.31. The first-order valence-electron chi connectivity index (χ1n) is 5.88. The molecule has 0 fully saturated rings. The second-order valence-corrected chi connectivity index (χ2v) is 5.76. The van der Waals surface area contributed by atoms with Gasteiger partial charge in [-0.1, -0.05) is 34.6 Å². The number of hydrogen-bond acceptors (Lipinski definition) is 1. The molecule has 0 atom stereocenters. The Morgan fingerprint density at radius 2 is 1.88 bits per heavy atom. The van der Waals surface area contributed by atoms with Crippen molar-refractivity contribution in [2.75, 3.05) is 0 Å². The van der Waals surface area contributed by atoms with Crippen molar-refractivity contribution in [3.8, 4) is 0 Å². The van der Waals surface area contributed by atoms with E-state index < -0.39 is 0 Å². The van der Waals surface area contributed by atoms with Gasteiger partial charge in [0.2, 0.25) is 0 Å². The Morgan fingerprint density at radius 1 is 1.19 bits per heavy atom. The molecule has 1 N–H and O–H groups in total. The summed E-state index contributed by atoms with van der Waals surface area (Å²) in [7, 11) is 0. The standard InChI is InChI=1S/C14H20N2/c1-9(2)11-7-6-10-8-12(14(3,4)5)16-13(10)15-11/h6-9H,1-5H3,(H,15,16). The van der Waals surface area contributed by atoms with Gasteiger partial charge in [-0.25, -0.2) is 4.98 Å². The van der Waals surface area contributed by atoms with E-state index in [-0.39, 0.29) is 5.41 Å². The number of nitrogens with one attached hydrogen (secondary N) is 1. The minimum absolute atomic E-state index is 0.151. The van der Waals surface area contributed by atoms with Crippen molar-refractivity contribution < 1.29 is 0 Å². The number of rotatable bonds is 1. The molecular formula is C14H20N2. The Labute approximate surface area is 97.1 Å². The molecule has 0 aliphatic rings. The predicted molar refractivity (Wildman–Crippen MR) is 68.9 cm³/mol. The van der Waals surface area contributed by atoms with E-state index in [0.29, 0.717) is 5.92 Å². The molecule has 2 rings (SSSR count). The van der Waals surface area contributed by atoms with Crippen molar-refractivity contribution in [3.63, 3.8) is 0 Å². The molecule has 2 aromatic rings. The number of pyridine rings is 1. The molecule has 0 aromatic carbocycles. The molecule has 0 saturated carbocycles. The first-order valence-corrected chi connectivity index (χ1v) is 5.88. The van der Waals surface area contributed by atoms with Crippen molar-refractivity contribution in [1.29, 1.82) is 0 Å². The number of aromatic amines is 1. The molecule has 0 unspecified atom stereocenters. The Balaban J connectivity index is 2.54. The van der Waals surface area contributed by atoms with Crippen LogP contribution in [0, 0.1) is 0 Å². The summed E-state index contributed by atoms with van der Waals surface area (Å²) in [5.74, 6) is 0.478. The maximum absolute atomic E-state index is 4.65. The Bertz CT molecular complexity index is 501.